The van der Waals surface area contributed by atoms with E-state index < -0.39 is 11.4 Å². The Hall–Kier alpha value is -2.82. The quantitative estimate of drug-likeness (QED) is 0.800. The van der Waals surface area contributed by atoms with Gasteiger partial charge in [0.25, 0.3) is 0 Å². The summed E-state index contributed by atoms with van der Waals surface area (Å²) in [6.07, 6.45) is 1.35. The number of rotatable bonds is 4. The third-order valence-electron chi connectivity index (χ3n) is 4.00. The summed E-state index contributed by atoms with van der Waals surface area (Å²) in [6.45, 7) is 1.68. The lowest BCUT2D eigenvalue weighted by atomic mass is 9.76. The first-order valence-corrected chi connectivity index (χ1v) is 6.77. The number of carboxylic acid groups (broad SMARTS) is 1. The Labute approximate surface area is 127 Å². The molecule has 5 heteroatoms. The Morgan fingerprint density at radius 2 is 1.86 bits per heavy atom. The van der Waals surface area contributed by atoms with Gasteiger partial charge in [-0.25, -0.2) is 4.98 Å². The molecule has 0 radical (unpaired) electrons. The first-order chi connectivity index (χ1) is 10.6. The van der Waals surface area contributed by atoms with Crippen molar-refractivity contribution in [1.29, 1.82) is 0 Å². The van der Waals surface area contributed by atoms with E-state index in [4.69, 9.17) is 9.15 Å². The number of fused-ring (bicyclic) bond motifs is 1. The lowest BCUT2D eigenvalue weighted by Crippen LogP contribution is -2.33. The van der Waals surface area contributed by atoms with Crippen LogP contribution in [0.4, 0.5) is 0 Å². The zero-order chi connectivity index (χ0) is 15.7. The summed E-state index contributed by atoms with van der Waals surface area (Å²) in [6, 6.07) is 12.3. The number of nitrogens with zero attached hydrogens (tertiary/aromatic N) is 1. The van der Waals surface area contributed by atoms with Crippen LogP contribution in [-0.4, -0.2) is 23.2 Å². The first-order valence-electron chi connectivity index (χ1n) is 6.77. The molecule has 0 aliphatic carbocycles. The predicted molar refractivity (Wildman–Crippen MR) is 81.1 cm³/mol. The van der Waals surface area contributed by atoms with Crippen LogP contribution in [0.5, 0.6) is 5.75 Å². The van der Waals surface area contributed by atoms with Crippen LogP contribution >= 0.6 is 0 Å². The molecule has 2 aromatic carbocycles. The summed E-state index contributed by atoms with van der Waals surface area (Å²) in [5.41, 5.74) is 1.40. The van der Waals surface area contributed by atoms with Crippen molar-refractivity contribution in [3.63, 3.8) is 0 Å². The number of aliphatic carboxylic acids is 1. The van der Waals surface area contributed by atoms with Crippen LogP contribution in [0, 0.1) is 0 Å². The largest absolute Gasteiger partial charge is 0.497 e. The van der Waals surface area contributed by atoms with E-state index in [-0.39, 0.29) is 0 Å². The van der Waals surface area contributed by atoms with Gasteiger partial charge in [0.15, 0.2) is 12.0 Å². The minimum atomic E-state index is -1.18. The second kappa shape index (κ2) is 5.18. The standard InChI is InChI=1S/C17H15NO4/c1-17(16(19)20,11-3-6-13(21-2)7-4-11)12-5-8-15-14(9-12)18-10-22-15/h3-10H,1-2H3,(H,19,20). The fourth-order valence-corrected chi connectivity index (χ4v) is 2.51. The number of hydrogen-bond acceptors (Lipinski definition) is 4. The zero-order valence-corrected chi connectivity index (χ0v) is 12.2. The lowest BCUT2D eigenvalue weighted by molar-refractivity contribution is -0.141. The van der Waals surface area contributed by atoms with Crippen molar-refractivity contribution in [3.8, 4) is 5.75 Å². The Morgan fingerprint density at radius 3 is 2.50 bits per heavy atom. The molecule has 0 fully saturated rings. The van der Waals surface area contributed by atoms with Gasteiger partial charge in [0.1, 0.15) is 16.7 Å². The third kappa shape index (κ3) is 2.11. The maximum Gasteiger partial charge on any atom is 0.318 e. The number of benzene rings is 2. The van der Waals surface area contributed by atoms with Gasteiger partial charge in [-0.05, 0) is 42.3 Å². The van der Waals surface area contributed by atoms with E-state index in [1.807, 2.05) is 0 Å². The van der Waals surface area contributed by atoms with Crippen molar-refractivity contribution < 1.29 is 19.1 Å². The highest BCUT2D eigenvalue weighted by atomic mass is 16.5. The predicted octanol–water partition coefficient (Wildman–Crippen LogP) is 3.23. The van der Waals surface area contributed by atoms with Crippen LogP contribution in [0.1, 0.15) is 18.1 Å². The van der Waals surface area contributed by atoms with Crippen molar-refractivity contribution in [2.45, 2.75) is 12.3 Å². The maximum atomic E-state index is 12.0. The SMILES string of the molecule is COc1ccc(C(C)(C(=O)O)c2ccc3ocnc3c2)cc1. The summed E-state index contributed by atoms with van der Waals surface area (Å²) in [4.78, 5) is 16.1. The van der Waals surface area contributed by atoms with Crippen LogP contribution in [0.3, 0.4) is 0 Å². The molecule has 0 saturated carbocycles. The highest BCUT2D eigenvalue weighted by Crippen LogP contribution is 2.34. The van der Waals surface area contributed by atoms with Crippen molar-refractivity contribution >= 4 is 17.1 Å². The molecule has 0 aliphatic rings. The van der Waals surface area contributed by atoms with Gasteiger partial charge >= 0.3 is 5.97 Å². The number of hydrogen-bond donors (Lipinski definition) is 1. The molecule has 112 valence electrons. The van der Waals surface area contributed by atoms with Crippen molar-refractivity contribution in [2.24, 2.45) is 0 Å². The number of ether oxygens (including phenoxy) is 1. The smallest absolute Gasteiger partial charge is 0.318 e. The second-order valence-electron chi connectivity index (χ2n) is 5.19. The number of carbonyl (C=O) groups is 1. The van der Waals surface area contributed by atoms with Crippen LogP contribution in [0.15, 0.2) is 53.3 Å². The summed E-state index contributed by atoms with van der Waals surface area (Å²) >= 11 is 0. The number of methoxy groups -OCH3 is 1. The molecule has 1 aromatic heterocycles. The third-order valence-corrected chi connectivity index (χ3v) is 4.00. The van der Waals surface area contributed by atoms with E-state index >= 15 is 0 Å². The summed E-state index contributed by atoms with van der Waals surface area (Å²) in [5.74, 6) is -0.246. The Kier molecular flexibility index (Phi) is 3.33. The molecule has 0 aliphatic heterocycles. The minimum absolute atomic E-state index is 0.631. The van der Waals surface area contributed by atoms with Gasteiger partial charge in [-0.3, -0.25) is 4.79 Å². The lowest BCUT2D eigenvalue weighted by Gasteiger charge is -2.26. The van der Waals surface area contributed by atoms with Gasteiger partial charge in [0.05, 0.1) is 7.11 Å². The molecule has 0 bridgehead atoms. The molecule has 3 aromatic rings. The Bertz CT molecular complexity index is 822. The summed E-state index contributed by atoms with van der Waals surface area (Å²) < 4.78 is 10.3. The second-order valence-corrected chi connectivity index (χ2v) is 5.19. The maximum absolute atomic E-state index is 12.0. The molecule has 22 heavy (non-hydrogen) atoms. The molecule has 0 saturated heterocycles. The van der Waals surface area contributed by atoms with Gasteiger partial charge in [0, 0.05) is 0 Å². The number of carboxylic acids is 1. The zero-order valence-electron chi connectivity index (χ0n) is 12.2. The van der Waals surface area contributed by atoms with E-state index in [0.717, 1.165) is 0 Å². The van der Waals surface area contributed by atoms with E-state index in [0.29, 0.717) is 28.0 Å². The molecular formula is C17H15NO4. The highest BCUT2D eigenvalue weighted by Gasteiger charge is 2.37. The average Bonchev–Trinajstić information content (AvgIpc) is 3.01. The Morgan fingerprint density at radius 1 is 1.18 bits per heavy atom. The molecular weight excluding hydrogens is 282 g/mol. The molecule has 1 unspecified atom stereocenters. The Balaban J connectivity index is 2.15. The van der Waals surface area contributed by atoms with Crippen LogP contribution in [-0.2, 0) is 10.2 Å². The van der Waals surface area contributed by atoms with E-state index in [1.54, 1.807) is 56.5 Å². The van der Waals surface area contributed by atoms with Gasteiger partial charge in [-0.2, -0.15) is 0 Å². The fraction of sp³-hybridized carbons (Fsp3) is 0.176. The molecule has 5 nitrogen and oxygen atoms in total. The molecule has 0 spiro atoms. The van der Waals surface area contributed by atoms with Gasteiger partial charge in [-0.15, -0.1) is 0 Å². The molecule has 3 rings (SSSR count). The molecule has 0 amide bonds. The van der Waals surface area contributed by atoms with Crippen molar-refractivity contribution in [2.75, 3.05) is 7.11 Å². The van der Waals surface area contributed by atoms with E-state index in [1.165, 1.54) is 6.39 Å². The van der Waals surface area contributed by atoms with Crippen molar-refractivity contribution in [3.05, 3.63) is 60.0 Å². The van der Waals surface area contributed by atoms with Crippen molar-refractivity contribution in [1.82, 2.24) is 4.98 Å². The normalized spacial score (nSPS) is 13.7. The topological polar surface area (TPSA) is 72.6 Å². The van der Waals surface area contributed by atoms with Gasteiger partial charge in [-0.1, -0.05) is 18.2 Å². The van der Waals surface area contributed by atoms with Crippen LogP contribution in [0.25, 0.3) is 11.1 Å². The minimum Gasteiger partial charge on any atom is -0.497 e. The molecule has 1 N–H and O–H groups in total. The van der Waals surface area contributed by atoms with Gasteiger partial charge in [0.2, 0.25) is 0 Å². The molecule has 1 heterocycles. The summed E-state index contributed by atoms with van der Waals surface area (Å²) in [7, 11) is 1.57. The highest BCUT2D eigenvalue weighted by molar-refractivity contribution is 5.87. The van der Waals surface area contributed by atoms with Crippen LogP contribution < -0.4 is 4.74 Å². The summed E-state index contributed by atoms with van der Waals surface area (Å²) in [5, 5.41) is 9.81. The van der Waals surface area contributed by atoms with E-state index in [2.05, 4.69) is 4.98 Å². The monoisotopic (exact) mass is 297 g/mol. The van der Waals surface area contributed by atoms with Gasteiger partial charge < -0.3 is 14.3 Å². The first kappa shape index (κ1) is 14.1. The van der Waals surface area contributed by atoms with E-state index in [9.17, 15) is 9.90 Å². The number of aromatic nitrogens is 1. The average molecular weight is 297 g/mol. The number of oxazole rings is 1. The molecule has 1 atom stereocenters. The van der Waals surface area contributed by atoms with Crippen LogP contribution in [0.2, 0.25) is 0 Å². The fourth-order valence-electron chi connectivity index (χ4n) is 2.51.